The van der Waals surface area contributed by atoms with E-state index in [1.165, 1.54) is 0 Å². The lowest BCUT2D eigenvalue weighted by Crippen LogP contribution is -2.24. The minimum absolute atomic E-state index is 0.138. The Morgan fingerprint density at radius 3 is 2.58 bits per heavy atom. The van der Waals surface area contributed by atoms with Gasteiger partial charge in [-0.1, -0.05) is 60.7 Å². The molecule has 2 aromatic carbocycles. The van der Waals surface area contributed by atoms with Crippen LogP contribution < -0.4 is 5.32 Å². The van der Waals surface area contributed by atoms with Gasteiger partial charge in [-0.05, 0) is 30.0 Å². The van der Waals surface area contributed by atoms with Crippen molar-refractivity contribution in [2.45, 2.75) is 25.7 Å². The molecule has 0 bridgehead atoms. The third-order valence-electron chi connectivity index (χ3n) is 3.93. The number of hydrogen-bond acceptors (Lipinski definition) is 4. The first-order chi connectivity index (χ1) is 11.8. The molecule has 1 atom stereocenters. The Labute approximate surface area is 140 Å². The molecule has 1 heterocycles. The Morgan fingerprint density at radius 2 is 1.88 bits per heavy atom. The number of rotatable bonds is 6. The highest BCUT2D eigenvalue weighted by atomic mass is 16.1. The summed E-state index contributed by atoms with van der Waals surface area (Å²) in [4.78, 5) is 12.9. The Hall–Kier alpha value is -3.02. The van der Waals surface area contributed by atoms with Crippen molar-refractivity contribution in [2.75, 3.05) is 5.32 Å². The SMILES string of the molecule is CCc1ccccc1NC(=O)[C@@H](Cc1ccccc1)c1nn[nH]n1. The van der Waals surface area contributed by atoms with Crippen LogP contribution in [-0.4, -0.2) is 26.5 Å². The number of anilines is 1. The van der Waals surface area contributed by atoms with Gasteiger partial charge < -0.3 is 5.32 Å². The molecule has 0 fully saturated rings. The summed E-state index contributed by atoms with van der Waals surface area (Å²) in [6.45, 7) is 2.06. The Kier molecular flexibility index (Phi) is 4.96. The number of nitrogens with zero attached hydrogens (tertiary/aromatic N) is 3. The average molecular weight is 321 g/mol. The lowest BCUT2D eigenvalue weighted by atomic mass is 9.97. The minimum Gasteiger partial charge on any atom is -0.325 e. The molecule has 3 aromatic rings. The van der Waals surface area contributed by atoms with Crippen LogP contribution in [0.3, 0.4) is 0 Å². The number of aromatic nitrogens is 4. The van der Waals surface area contributed by atoms with Crippen LogP contribution in [0.15, 0.2) is 54.6 Å². The minimum atomic E-state index is -0.504. The summed E-state index contributed by atoms with van der Waals surface area (Å²) in [7, 11) is 0. The van der Waals surface area contributed by atoms with Crippen molar-refractivity contribution in [1.29, 1.82) is 0 Å². The van der Waals surface area contributed by atoms with E-state index in [9.17, 15) is 4.79 Å². The van der Waals surface area contributed by atoms with Crippen LogP contribution >= 0.6 is 0 Å². The van der Waals surface area contributed by atoms with E-state index in [-0.39, 0.29) is 5.91 Å². The highest BCUT2D eigenvalue weighted by Crippen LogP contribution is 2.22. The average Bonchev–Trinajstić information content (AvgIpc) is 3.15. The van der Waals surface area contributed by atoms with Crippen LogP contribution in [0.25, 0.3) is 0 Å². The van der Waals surface area contributed by atoms with E-state index < -0.39 is 5.92 Å². The maximum Gasteiger partial charge on any atom is 0.235 e. The van der Waals surface area contributed by atoms with Crippen molar-refractivity contribution >= 4 is 11.6 Å². The van der Waals surface area contributed by atoms with Gasteiger partial charge in [-0.3, -0.25) is 4.79 Å². The smallest absolute Gasteiger partial charge is 0.235 e. The van der Waals surface area contributed by atoms with Crippen molar-refractivity contribution in [3.8, 4) is 0 Å². The molecule has 122 valence electrons. The van der Waals surface area contributed by atoms with Gasteiger partial charge in [0.2, 0.25) is 5.91 Å². The summed E-state index contributed by atoms with van der Waals surface area (Å²) in [5, 5.41) is 17.0. The number of para-hydroxylation sites is 1. The molecule has 6 nitrogen and oxygen atoms in total. The number of carbonyl (C=O) groups excluding carboxylic acids is 1. The lowest BCUT2D eigenvalue weighted by Gasteiger charge is -2.15. The van der Waals surface area contributed by atoms with Crippen molar-refractivity contribution in [3.63, 3.8) is 0 Å². The van der Waals surface area contributed by atoms with Gasteiger partial charge in [-0.15, -0.1) is 10.2 Å². The summed E-state index contributed by atoms with van der Waals surface area (Å²) in [6.07, 6.45) is 1.36. The number of nitrogens with one attached hydrogen (secondary N) is 2. The molecule has 0 saturated heterocycles. The Balaban J connectivity index is 1.84. The quantitative estimate of drug-likeness (QED) is 0.731. The predicted molar refractivity (Wildman–Crippen MR) is 91.5 cm³/mol. The molecule has 0 aliphatic carbocycles. The standard InChI is InChI=1S/C18H19N5O/c1-2-14-10-6-7-11-16(14)19-18(24)15(17-20-22-23-21-17)12-13-8-4-3-5-9-13/h3-11,15H,2,12H2,1H3,(H,19,24)(H,20,21,22,23)/t15-/m0/s1. The van der Waals surface area contributed by atoms with E-state index in [0.717, 1.165) is 23.2 Å². The number of aryl methyl sites for hydroxylation is 1. The molecule has 1 aromatic heterocycles. The second-order valence-corrected chi connectivity index (χ2v) is 5.51. The number of carbonyl (C=O) groups is 1. The van der Waals surface area contributed by atoms with E-state index in [0.29, 0.717) is 12.2 Å². The van der Waals surface area contributed by atoms with Crippen LogP contribution in [0, 0.1) is 0 Å². The highest BCUT2D eigenvalue weighted by molar-refractivity contribution is 5.96. The first kappa shape index (κ1) is 15.9. The van der Waals surface area contributed by atoms with E-state index in [1.807, 2.05) is 54.6 Å². The molecule has 1 amide bonds. The predicted octanol–water partition coefficient (Wildman–Crippen LogP) is 2.73. The Morgan fingerprint density at radius 1 is 1.12 bits per heavy atom. The van der Waals surface area contributed by atoms with Crippen molar-refractivity contribution in [1.82, 2.24) is 20.6 Å². The highest BCUT2D eigenvalue weighted by Gasteiger charge is 2.25. The fraction of sp³-hybridized carbons (Fsp3) is 0.222. The van der Waals surface area contributed by atoms with Crippen LogP contribution in [0.2, 0.25) is 0 Å². The normalized spacial score (nSPS) is 11.9. The number of H-pyrrole nitrogens is 1. The summed E-state index contributed by atoms with van der Waals surface area (Å²) in [5.74, 6) is -0.248. The molecule has 0 unspecified atom stereocenters. The summed E-state index contributed by atoms with van der Waals surface area (Å²) >= 11 is 0. The van der Waals surface area contributed by atoms with E-state index in [2.05, 4.69) is 32.9 Å². The summed E-state index contributed by atoms with van der Waals surface area (Å²) in [6, 6.07) is 17.6. The van der Waals surface area contributed by atoms with Gasteiger partial charge in [-0.25, -0.2) is 0 Å². The Bertz CT molecular complexity index is 786. The van der Waals surface area contributed by atoms with Gasteiger partial charge in [0.05, 0.1) is 0 Å². The first-order valence-corrected chi connectivity index (χ1v) is 7.94. The van der Waals surface area contributed by atoms with Gasteiger partial charge in [-0.2, -0.15) is 5.21 Å². The second-order valence-electron chi connectivity index (χ2n) is 5.51. The molecule has 0 spiro atoms. The molecule has 0 aliphatic rings. The molecule has 6 heteroatoms. The fourth-order valence-electron chi connectivity index (χ4n) is 2.64. The molecule has 0 radical (unpaired) electrons. The maximum atomic E-state index is 12.9. The molecule has 0 saturated carbocycles. The van der Waals surface area contributed by atoms with Crippen LogP contribution in [0.5, 0.6) is 0 Å². The fourth-order valence-corrected chi connectivity index (χ4v) is 2.64. The van der Waals surface area contributed by atoms with Gasteiger partial charge in [0.25, 0.3) is 0 Å². The van der Waals surface area contributed by atoms with Gasteiger partial charge >= 0.3 is 0 Å². The first-order valence-electron chi connectivity index (χ1n) is 7.94. The van der Waals surface area contributed by atoms with E-state index in [1.54, 1.807) is 0 Å². The zero-order valence-electron chi connectivity index (χ0n) is 13.4. The van der Waals surface area contributed by atoms with Crippen LogP contribution in [0.1, 0.15) is 29.8 Å². The van der Waals surface area contributed by atoms with Crippen molar-refractivity contribution in [3.05, 3.63) is 71.5 Å². The zero-order chi connectivity index (χ0) is 16.8. The molecule has 3 rings (SSSR count). The van der Waals surface area contributed by atoms with E-state index in [4.69, 9.17) is 0 Å². The number of hydrogen-bond donors (Lipinski definition) is 2. The van der Waals surface area contributed by atoms with Gasteiger partial charge in [0.1, 0.15) is 5.92 Å². The van der Waals surface area contributed by atoms with Crippen molar-refractivity contribution in [2.24, 2.45) is 0 Å². The number of amides is 1. The number of benzene rings is 2. The summed E-state index contributed by atoms with van der Waals surface area (Å²) in [5.41, 5.74) is 2.97. The van der Waals surface area contributed by atoms with E-state index >= 15 is 0 Å². The number of aromatic amines is 1. The molecule has 24 heavy (non-hydrogen) atoms. The molecule has 2 N–H and O–H groups in total. The van der Waals surface area contributed by atoms with Gasteiger partial charge in [0, 0.05) is 5.69 Å². The lowest BCUT2D eigenvalue weighted by molar-refractivity contribution is -0.117. The van der Waals surface area contributed by atoms with Crippen molar-refractivity contribution < 1.29 is 4.79 Å². The second kappa shape index (κ2) is 7.50. The zero-order valence-corrected chi connectivity index (χ0v) is 13.4. The largest absolute Gasteiger partial charge is 0.325 e. The van der Waals surface area contributed by atoms with Crippen LogP contribution in [0.4, 0.5) is 5.69 Å². The van der Waals surface area contributed by atoms with Gasteiger partial charge in [0.15, 0.2) is 5.82 Å². The maximum absolute atomic E-state index is 12.9. The molecular formula is C18H19N5O. The molecular weight excluding hydrogens is 302 g/mol. The van der Waals surface area contributed by atoms with Crippen LogP contribution in [-0.2, 0) is 17.6 Å². The summed E-state index contributed by atoms with van der Waals surface area (Å²) < 4.78 is 0. The third-order valence-corrected chi connectivity index (χ3v) is 3.93. The topological polar surface area (TPSA) is 83.6 Å². The number of tetrazole rings is 1. The third kappa shape index (κ3) is 3.65. The molecule has 0 aliphatic heterocycles. The monoisotopic (exact) mass is 321 g/mol.